The Morgan fingerprint density at radius 3 is 2.50 bits per heavy atom. The summed E-state index contributed by atoms with van der Waals surface area (Å²) in [6, 6.07) is 0.0498. The number of amides is 2. The summed E-state index contributed by atoms with van der Waals surface area (Å²) in [4.78, 5) is 24.2. The molecule has 2 amide bonds. The number of carbonyl (C=O) groups is 2. The number of aliphatic hydroxyl groups excluding tert-OH is 1. The van der Waals surface area contributed by atoms with Crippen LogP contribution in [0.3, 0.4) is 0 Å². The van der Waals surface area contributed by atoms with E-state index in [4.69, 9.17) is 10.8 Å². The molecule has 0 aliphatic heterocycles. The molecular formula is C10H21N3O3. The lowest BCUT2D eigenvalue weighted by molar-refractivity contribution is -0.134. The summed E-state index contributed by atoms with van der Waals surface area (Å²) >= 11 is 0. The van der Waals surface area contributed by atoms with Crippen molar-refractivity contribution in [2.45, 2.75) is 26.3 Å². The van der Waals surface area contributed by atoms with Gasteiger partial charge in [0.05, 0.1) is 13.1 Å². The van der Waals surface area contributed by atoms with Gasteiger partial charge >= 0.3 is 0 Å². The first-order valence-corrected chi connectivity index (χ1v) is 5.40. The quantitative estimate of drug-likeness (QED) is 0.506. The van der Waals surface area contributed by atoms with Crippen LogP contribution in [0, 0.1) is 0 Å². The smallest absolute Gasteiger partial charge is 0.242 e. The van der Waals surface area contributed by atoms with Crippen molar-refractivity contribution in [3.63, 3.8) is 0 Å². The van der Waals surface area contributed by atoms with Crippen LogP contribution in [-0.2, 0) is 9.59 Å². The van der Waals surface area contributed by atoms with Crippen LogP contribution < -0.4 is 11.1 Å². The molecule has 0 atom stereocenters. The van der Waals surface area contributed by atoms with Crippen LogP contribution >= 0.6 is 0 Å². The molecule has 4 N–H and O–H groups in total. The molecule has 0 fully saturated rings. The second kappa shape index (κ2) is 8.06. The van der Waals surface area contributed by atoms with Gasteiger partial charge in [0, 0.05) is 19.2 Å². The van der Waals surface area contributed by atoms with E-state index in [9.17, 15) is 9.59 Å². The number of nitrogens with one attached hydrogen (secondary N) is 1. The summed E-state index contributed by atoms with van der Waals surface area (Å²) in [6.07, 6.45) is 0.536. The Kier molecular flexibility index (Phi) is 7.49. The average molecular weight is 231 g/mol. The van der Waals surface area contributed by atoms with Gasteiger partial charge in [-0.3, -0.25) is 9.59 Å². The predicted molar refractivity (Wildman–Crippen MR) is 60.6 cm³/mol. The highest BCUT2D eigenvalue weighted by atomic mass is 16.3. The van der Waals surface area contributed by atoms with Crippen molar-refractivity contribution in [2.75, 3.05) is 26.2 Å². The first kappa shape index (κ1) is 14.9. The molecule has 0 saturated heterocycles. The molecule has 6 nitrogen and oxygen atoms in total. The van der Waals surface area contributed by atoms with E-state index in [-0.39, 0.29) is 37.6 Å². The van der Waals surface area contributed by atoms with Gasteiger partial charge < -0.3 is 21.1 Å². The highest BCUT2D eigenvalue weighted by molar-refractivity contribution is 5.85. The maximum absolute atomic E-state index is 11.7. The zero-order valence-electron chi connectivity index (χ0n) is 9.90. The summed E-state index contributed by atoms with van der Waals surface area (Å²) in [5, 5.41) is 11.1. The Morgan fingerprint density at radius 2 is 2.06 bits per heavy atom. The lowest BCUT2D eigenvalue weighted by atomic mass is 10.2. The molecule has 0 aromatic carbocycles. The van der Waals surface area contributed by atoms with E-state index in [2.05, 4.69) is 5.32 Å². The lowest BCUT2D eigenvalue weighted by Gasteiger charge is -2.26. The third-order valence-electron chi connectivity index (χ3n) is 2.12. The van der Waals surface area contributed by atoms with E-state index in [0.717, 1.165) is 0 Å². The highest BCUT2D eigenvalue weighted by Crippen LogP contribution is 1.99. The van der Waals surface area contributed by atoms with Gasteiger partial charge in [-0.05, 0) is 20.3 Å². The maximum Gasteiger partial charge on any atom is 0.242 e. The Balaban J connectivity index is 4.11. The minimum absolute atomic E-state index is 0.0420. The van der Waals surface area contributed by atoms with E-state index >= 15 is 0 Å². The minimum Gasteiger partial charge on any atom is -0.396 e. The molecule has 0 heterocycles. The van der Waals surface area contributed by atoms with Gasteiger partial charge in [0.15, 0.2) is 0 Å². The molecule has 0 saturated carbocycles. The third kappa shape index (κ3) is 5.67. The average Bonchev–Trinajstić information content (AvgIpc) is 2.25. The molecule has 0 aliphatic rings. The van der Waals surface area contributed by atoms with E-state index in [0.29, 0.717) is 13.0 Å². The molecule has 6 heteroatoms. The predicted octanol–water partition coefficient (Wildman–Crippen LogP) is -1.32. The van der Waals surface area contributed by atoms with Crippen LogP contribution in [0.25, 0.3) is 0 Å². The number of hydrogen-bond acceptors (Lipinski definition) is 4. The fourth-order valence-corrected chi connectivity index (χ4v) is 1.26. The highest BCUT2D eigenvalue weighted by Gasteiger charge is 2.16. The molecular weight excluding hydrogens is 210 g/mol. The third-order valence-corrected chi connectivity index (χ3v) is 2.12. The molecule has 0 bridgehead atoms. The van der Waals surface area contributed by atoms with Gasteiger partial charge in [-0.2, -0.15) is 0 Å². The molecule has 94 valence electrons. The van der Waals surface area contributed by atoms with Crippen molar-refractivity contribution >= 4 is 11.8 Å². The summed E-state index contributed by atoms with van der Waals surface area (Å²) < 4.78 is 0. The van der Waals surface area contributed by atoms with E-state index < -0.39 is 0 Å². The largest absolute Gasteiger partial charge is 0.396 e. The first-order chi connectivity index (χ1) is 7.52. The molecule has 0 aromatic heterocycles. The number of hydrogen-bond donors (Lipinski definition) is 3. The van der Waals surface area contributed by atoms with Crippen LogP contribution in [0.5, 0.6) is 0 Å². The summed E-state index contributed by atoms with van der Waals surface area (Å²) in [5.74, 6) is -0.510. The van der Waals surface area contributed by atoms with Crippen LogP contribution in [0.4, 0.5) is 0 Å². The lowest BCUT2D eigenvalue weighted by Crippen LogP contribution is -2.45. The normalized spacial score (nSPS) is 10.3. The van der Waals surface area contributed by atoms with Crippen LogP contribution in [0.1, 0.15) is 20.3 Å². The van der Waals surface area contributed by atoms with Gasteiger partial charge in [-0.1, -0.05) is 0 Å². The Hall–Kier alpha value is -1.14. The van der Waals surface area contributed by atoms with Crippen molar-refractivity contribution in [3.05, 3.63) is 0 Å². The molecule has 0 aliphatic carbocycles. The van der Waals surface area contributed by atoms with Crippen LogP contribution in [0.15, 0.2) is 0 Å². The zero-order valence-corrected chi connectivity index (χ0v) is 9.90. The first-order valence-electron chi connectivity index (χ1n) is 5.40. The number of aliphatic hydroxyl groups is 1. The Bertz CT molecular complexity index is 231. The minimum atomic E-state index is -0.348. The second-order valence-corrected chi connectivity index (χ2v) is 3.74. The summed E-state index contributed by atoms with van der Waals surface area (Å²) in [6.45, 7) is 4.16. The van der Waals surface area contributed by atoms with E-state index in [1.165, 1.54) is 0 Å². The van der Waals surface area contributed by atoms with Gasteiger partial charge in [-0.15, -0.1) is 0 Å². The SMILES string of the molecule is CC(C)N(CCCO)C(=O)CNC(=O)CN. The number of nitrogens with two attached hydrogens (primary N) is 1. The summed E-state index contributed by atoms with van der Waals surface area (Å²) in [7, 11) is 0. The second-order valence-electron chi connectivity index (χ2n) is 3.74. The standard InChI is InChI=1S/C10H21N3O3/c1-8(2)13(4-3-5-14)10(16)7-12-9(15)6-11/h8,14H,3-7,11H2,1-2H3,(H,12,15). The van der Waals surface area contributed by atoms with Crippen molar-refractivity contribution in [1.29, 1.82) is 0 Å². The fraction of sp³-hybridized carbons (Fsp3) is 0.800. The Morgan fingerprint density at radius 1 is 1.44 bits per heavy atom. The van der Waals surface area contributed by atoms with Crippen LogP contribution in [-0.4, -0.2) is 54.1 Å². The van der Waals surface area contributed by atoms with Gasteiger partial charge in [0.1, 0.15) is 0 Å². The Labute approximate surface area is 95.8 Å². The van der Waals surface area contributed by atoms with Crippen LogP contribution in [0.2, 0.25) is 0 Å². The van der Waals surface area contributed by atoms with Crippen molar-refractivity contribution in [1.82, 2.24) is 10.2 Å². The molecule has 0 rings (SSSR count). The molecule has 0 unspecified atom stereocenters. The molecule has 0 spiro atoms. The number of rotatable bonds is 7. The van der Waals surface area contributed by atoms with Crippen molar-refractivity contribution in [2.24, 2.45) is 5.73 Å². The van der Waals surface area contributed by atoms with Crippen molar-refractivity contribution in [3.8, 4) is 0 Å². The number of carbonyl (C=O) groups excluding carboxylic acids is 2. The summed E-state index contributed by atoms with van der Waals surface area (Å²) in [5.41, 5.74) is 5.10. The van der Waals surface area contributed by atoms with Gasteiger partial charge in [0.2, 0.25) is 11.8 Å². The zero-order chi connectivity index (χ0) is 12.6. The van der Waals surface area contributed by atoms with Gasteiger partial charge in [-0.25, -0.2) is 0 Å². The molecule has 16 heavy (non-hydrogen) atoms. The number of nitrogens with zero attached hydrogens (tertiary/aromatic N) is 1. The van der Waals surface area contributed by atoms with Gasteiger partial charge in [0.25, 0.3) is 0 Å². The fourth-order valence-electron chi connectivity index (χ4n) is 1.26. The monoisotopic (exact) mass is 231 g/mol. The topological polar surface area (TPSA) is 95.7 Å². The van der Waals surface area contributed by atoms with E-state index in [1.807, 2.05) is 13.8 Å². The van der Waals surface area contributed by atoms with E-state index in [1.54, 1.807) is 4.90 Å². The maximum atomic E-state index is 11.7. The molecule has 0 aromatic rings. The molecule has 0 radical (unpaired) electrons. The van der Waals surface area contributed by atoms with Crippen molar-refractivity contribution < 1.29 is 14.7 Å².